The maximum absolute atomic E-state index is 13.3. The molecule has 0 fully saturated rings. The molecule has 4 heteroatoms. The van der Waals surface area contributed by atoms with Crippen LogP contribution < -0.4 is 5.73 Å². The minimum Gasteiger partial charge on any atom is -0.347 e. The molecule has 0 bridgehead atoms. The Balaban J connectivity index is 2.25. The Bertz CT molecular complexity index is 625. The molecule has 1 heterocycles. The molecule has 2 aromatic rings. The summed E-state index contributed by atoms with van der Waals surface area (Å²) in [6.45, 7) is 2.54. The molecule has 0 saturated carbocycles. The Morgan fingerprint density at radius 2 is 2.20 bits per heavy atom. The maximum Gasteiger partial charge on any atom is 0.123 e. The number of nitriles is 1. The predicted octanol–water partition coefficient (Wildman–Crippen LogP) is 2.83. The SMILES string of the molecule is CCC(N)Cc1cccn1Cc1cc(F)ccc1C#N. The largest absolute Gasteiger partial charge is 0.347 e. The summed E-state index contributed by atoms with van der Waals surface area (Å²) in [5.74, 6) is -0.321. The lowest BCUT2D eigenvalue weighted by atomic mass is 10.1. The molecule has 3 nitrogen and oxygen atoms in total. The van der Waals surface area contributed by atoms with E-state index in [1.807, 2.05) is 22.9 Å². The lowest BCUT2D eigenvalue weighted by Gasteiger charge is -2.13. The highest BCUT2D eigenvalue weighted by Crippen LogP contribution is 2.15. The monoisotopic (exact) mass is 271 g/mol. The van der Waals surface area contributed by atoms with E-state index in [9.17, 15) is 4.39 Å². The van der Waals surface area contributed by atoms with E-state index in [0.717, 1.165) is 18.5 Å². The summed E-state index contributed by atoms with van der Waals surface area (Å²) in [7, 11) is 0. The van der Waals surface area contributed by atoms with E-state index in [-0.39, 0.29) is 11.9 Å². The fourth-order valence-electron chi connectivity index (χ4n) is 2.19. The van der Waals surface area contributed by atoms with Gasteiger partial charge in [0, 0.05) is 30.9 Å². The van der Waals surface area contributed by atoms with Crippen molar-refractivity contribution in [3.63, 3.8) is 0 Å². The molecule has 0 radical (unpaired) electrons. The van der Waals surface area contributed by atoms with Crippen molar-refractivity contribution in [3.8, 4) is 6.07 Å². The van der Waals surface area contributed by atoms with Gasteiger partial charge in [0.2, 0.25) is 0 Å². The molecule has 2 rings (SSSR count). The van der Waals surface area contributed by atoms with E-state index in [2.05, 4.69) is 13.0 Å². The van der Waals surface area contributed by atoms with Crippen LogP contribution in [-0.2, 0) is 13.0 Å². The first-order chi connectivity index (χ1) is 9.63. The molecule has 0 aliphatic rings. The van der Waals surface area contributed by atoms with Gasteiger partial charge in [0.25, 0.3) is 0 Å². The third kappa shape index (κ3) is 3.25. The molecular formula is C16H18FN3. The molecule has 1 aromatic heterocycles. The van der Waals surface area contributed by atoms with Crippen molar-refractivity contribution in [2.75, 3.05) is 0 Å². The van der Waals surface area contributed by atoms with Crippen LogP contribution in [0, 0.1) is 17.1 Å². The Morgan fingerprint density at radius 1 is 1.40 bits per heavy atom. The Kier molecular flexibility index (Phi) is 4.54. The quantitative estimate of drug-likeness (QED) is 0.909. The molecule has 104 valence electrons. The van der Waals surface area contributed by atoms with Gasteiger partial charge < -0.3 is 10.3 Å². The average Bonchev–Trinajstić information content (AvgIpc) is 2.86. The zero-order chi connectivity index (χ0) is 14.5. The van der Waals surface area contributed by atoms with E-state index in [4.69, 9.17) is 11.0 Å². The lowest BCUT2D eigenvalue weighted by Crippen LogP contribution is -2.23. The zero-order valence-electron chi connectivity index (χ0n) is 11.5. The highest BCUT2D eigenvalue weighted by atomic mass is 19.1. The average molecular weight is 271 g/mol. The Morgan fingerprint density at radius 3 is 2.90 bits per heavy atom. The first kappa shape index (κ1) is 14.3. The topological polar surface area (TPSA) is 54.7 Å². The minimum atomic E-state index is -0.321. The molecule has 20 heavy (non-hydrogen) atoms. The summed E-state index contributed by atoms with van der Waals surface area (Å²) in [6.07, 6.45) is 3.62. The van der Waals surface area contributed by atoms with Gasteiger partial charge in [-0.25, -0.2) is 4.39 Å². The third-order valence-electron chi connectivity index (χ3n) is 3.45. The zero-order valence-corrected chi connectivity index (χ0v) is 11.5. The van der Waals surface area contributed by atoms with Crippen LogP contribution in [-0.4, -0.2) is 10.6 Å². The molecule has 2 N–H and O–H groups in total. The first-order valence-corrected chi connectivity index (χ1v) is 6.72. The fraction of sp³-hybridized carbons (Fsp3) is 0.312. The van der Waals surface area contributed by atoms with E-state index < -0.39 is 0 Å². The summed E-state index contributed by atoms with van der Waals surface area (Å²) in [5.41, 5.74) is 8.28. The predicted molar refractivity (Wildman–Crippen MR) is 76.6 cm³/mol. The van der Waals surface area contributed by atoms with Gasteiger partial charge in [-0.1, -0.05) is 6.92 Å². The number of halogens is 1. The van der Waals surface area contributed by atoms with Gasteiger partial charge in [-0.2, -0.15) is 5.26 Å². The molecular weight excluding hydrogens is 253 g/mol. The Hall–Kier alpha value is -2.12. The molecule has 0 aliphatic carbocycles. The molecule has 1 atom stereocenters. The van der Waals surface area contributed by atoms with Crippen LogP contribution in [0.25, 0.3) is 0 Å². The number of rotatable bonds is 5. The fourth-order valence-corrected chi connectivity index (χ4v) is 2.19. The smallest absolute Gasteiger partial charge is 0.123 e. The second-order valence-electron chi connectivity index (χ2n) is 4.91. The summed E-state index contributed by atoms with van der Waals surface area (Å²) >= 11 is 0. The number of aromatic nitrogens is 1. The third-order valence-corrected chi connectivity index (χ3v) is 3.45. The van der Waals surface area contributed by atoms with Crippen molar-refractivity contribution >= 4 is 0 Å². The van der Waals surface area contributed by atoms with Gasteiger partial charge in [0.1, 0.15) is 5.82 Å². The van der Waals surface area contributed by atoms with Gasteiger partial charge in [0.15, 0.2) is 0 Å². The molecule has 0 spiro atoms. The van der Waals surface area contributed by atoms with Crippen molar-refractivity contribution in [2.45, 2.75) is 32.4 Å². The van der Waals surface area contributed by atoms with Crippen molar-refractivity contribution in [1.29, 1.82) is 5.26 Å². The standard InChI is InChI=1S/C16H18FN3/c1-2-15(19)9-16-4-3-7-20(16)11-13-8-14(17)6-5-12(13)10-18/h3-8,15H,2,9,11,19H2,1H3. The molecule has 1 aromatic carbocycles. The van der Waals surface area contributed by atoms with E-state index >= 15 is 0 Å². The van der Waals surface area contributed by atoms with E-state index in [1.165, 1.54) is 18.2 Å². The van der Waals surface area contributed by atoms with Gasteiger partial charge >= 0.3 is 0 Å². The van der Waals surface area contributed by atoms with Crippen LogP contribution in [0.2, 0.25) is 0 Å². The summed E-state index contributed by atoms with van der Waals surface area (Å²) < 4.78 is 15.4. The molecule has 0 saturated heterocycles. The van der Waals surface area contributed by atoms with Crippen LogP contribution in [0.15, 0.2) is 36.5 Å². The number of hydrogen-bond acceptors (Lipinski definition) is 2. The van der Waals surface area contributed by atoms with Crippen LogP contribution in [0.1, 0.15) is 30.2 Å². The summed E-state index contributed by atoms with van der Waals surface area (Å²) in [6, 6.07) is 10.4. The second-order valence-corrected chi connectivity index (χ2v) is 4.91. The summed E-state index contributed by atoms with van der Waals surface area (Å²) in [4.78, 5) is 0. The van der Waals surface area contributed by atoms with Gasteiger partial charge in [-0.3, -0.25) is 0 Å². The molecule has 0 aliphatic heterocycles. The van der Waals surface area contributed by atoms with E-state index in [1.54, 1.807) is 0 Å². The number of nitrogens with two attached hydrogens (primary N) is 1. The van der Waals surface area contributed by atoms with E-state index in [0.29, 0.717) is 17.7 Å². The van der Waals surface area contributed by atoms with Crippen molar-refractivity contribution in [3.05, 3.63) is 59.2 Å². The van der Waals surface area contributed by atoms with Crippen molar-refractivity contribution < 1.29 is 4.39 Å². The van der Waals surface area contributed by atoms with Crippen LogP contribution >= 0.6 is 0 Å². The molecule has 0 amide bonds. The van der Waals surface area contributed by atoms with Crippen LogP contribution in [0.3, 0.4) is 0 Å². The van der Waals surface area contributed by atoms with Gasteiger partial charge in [0.05, 0.1) is 11.6 Å². The van der Waals surface area contributed by atoms with Crippen LogP contribution in [0.4, 0.5) is 4.39 Å². The number of benzene rings is 1. The lowest BCUT2D eigenvalue weighted by molar-refractivity contribution is 0.604. The Labute approximate surface area is 118 Å². The number of hydrogen-bond donors (Lipinski definition) is 1. The maximum atomic E-state index is 13.3. The highest BCUT2D eigenvalue weighted by molar-refractivity contribution is 5.38. The van der Waals surface area contributed by atoms with Gasteiger partial charge in [-0.05, 0) is 42.3 Å². The van der Waals surface area contributed by atoms with Gasteiger partial charge in [-0.15, -0.1) is 0 Å². The second kappa shape index (κ2) is 6.36. The van der Waals surface area contributed by atoms with Crippen molar-refractivity contribution in [1.82, 2.24) is 4.57 Å². The number of nitrogens with zero attached hydrogens (tertiary/aromatic N) is 2. The van der Waals surface area contributed by atoms with Crippen molar-refractivity contribution in [2.24, 2.45) is 5.73 Å². The highest BCUT2D eigenvalue weighted by Gasteiger charge is 2.09. The summed E-state index contributed by atoms with van der Waals surface area (Å²) in [5, 5.41) is 9.09. The normalized spacial score (nSPS) is 12.1. The first-order valence-electron chi connectivity index (χ1n) is 6.72. The minimum absolute atomic E-state index is 0.117. The van der Waals surface area contributed by atoms with Crippen LogP contribution in [0.5, 0.6) is 0 Å². The molecule has 1 unspecified atom stereocenters.